The van der Waals surface area contributed by atoms with Gasteiger partial charge in [0.2, 0.25) is 0 Å². The van der Waals surface area contributed by atoms with E-state index in [1.807, 2.05) is 24.3 Å². The van der Waals surface area contributed by atoms with Crippen LogP contribution in [0.5, 0.6) is 0 Å². The average molecular weight is 334 g/mol. The fourth-order valence-electron chi connectivity index (χ4n) is 2.78. The van der Waals surface area contributed by atoms with Crippen molar-refractivity contribution in [3.63, 3.8) is 0 Å². The Hall–Kier alpha value is -3.41. The number of nitrogens with two attached hydrogens (primary N) is 1. The largest absolute Gasteiger partial charge is 0.383 e. The predicted molar refractivity (Wildman–Crippen MR) is 92.5 cm³/mol. The molecule has 4 rings (SSSR count). The third kappa shape index (κ3) is 2.67. The summed E-state index contributed by atoms with van der Waals surface area (Å²) in [5.74, 6) is -0.928. The maximum atomic E-state index is 14.2. The molecular formula is C19H12F2N4. The molecule has 0 saturated carbocycles. The molecule has 0 aliphatic rings. The van der Waals surface area contributed by atoms with Crippen LogP contribution >= 0.6 is 0 Å². The predicted octanol–water partition coefficient (Wildman–Crippen LogP) is 4.22. The highest BCUT2D eigenvalue weighted by molar-refractivity contribution is 5.93. The Morgan fingerprint density at radius 2 is 1.72 bits per heavy atom. The van der Waals surface area contributed by atoms with E-state index in [4.69, 9.17) is 5.73 Å². The van der Waals surface area contributed by atoms with Crippen LogP contribution < -0.4 is 5.73 Å². The zero-order valence-corrected chi connectivity index (χ0v) is 12.9. The van der Waals surface area contributed by atoms with E-state index in [9.17, 15) is 8.78 Å². The zero-order valence-electron chi connectivity index (χ0n) is 12.9. The standard InChI is InChI=1S/C19H12F2N4/c20-12-4-5-14(16(21)9-12)18-13(2-1-7-23-18)11-3-6-17-15(8-11)19(22)25-10-24-17/h1-10H,(H2,22,24,25). The van der Waals surface area contributed by atoms with E-state index in [0.29, 0.717) is 22.5 Å². The summed E-state index contributed by atoms with van der Waals surface area (Å²) in [6.07, 6.45) is 2.97. The van der Waals surface area contributed by atoms with Crippen LogP contribution in [0.3, 0.4) is 0 Å². The van der Waals surface area contributed by atoms with Crippen LogP contribution in [-0.4, -0.2) is 15.0 Å². The molecule has 6 heteroatoms. The van der Waals surface area contributed by atoms with Crippen molar-refractivity contribution in [1.82, 2.24) is 15.0 Å². The Bertz CT molecular complexity index is 1100. The summed E-state index contributed by atoms with van der Waals surface area (Å²) in [6.45, 7) is 0. The van der Waals surface area contributed by atoms with Crippen LogP contribution in [0.2, 0.25) is 0 Å². The molecule has 2 N–H and O–H groups in total. The molecule has 2 aromatic carbocycles. The minimum absolute atomic E-state index is 0.231. The van der Waals surface area contributed by atoms with Gasteiger partial charge < -0.3 is 5.73 Å². The Labute approximate surface area is 142 Å². The molecule has 0 aliphatic carbocycles. The molecule has 25 heavy (non-hydrogen) atoms. The zero-order chi connectivity index (χ0) is 17.4. The summed E-state index contributed by atoms with van der Waals surface area (Å²) in [4.78, 5) is 12.5. The quantitative estimate of drug-likeness (QED) is 0.596. The topological polar surface area (TPSA) is 64.7 Å². The summed E-state index contributed by atoms with van der Waals surface area (Å²) >= 11 is 0. The molecule has 0 saturated heterocycles. The van der Waals surface area contributed by atoms with E-state index >= 15 is 0 Å². The summed E-state index contributed by atoms with van der Waals surface area (Å²) in [5, 5.41) is 0.703. The van der Waals surface area contributed by atoms with Gasteiger partial charge in [0.25, 0.3) is 0 Å². The van der Waals surface area contributed by atoms with Gasteiger partial charge in [0.05, 0.1) is 11.2 Å². The van der Waals surface area contributed by atoms with Crippen molar-refractivity contribution >= 4 is 16.7 Å². The van der Waals surface area contributed by atoms with Crippen molar-refractivity contribution in [2.75, 3.05) is 5.73 Å². The first-order chi connectivity index (χ1) is 12.1. The molecule has 0 radical (unpaired) electrons. The molecule has 4 aromatic rings. The summed E-state index contributed by atoms with van der Waals surface area (Å²) in [5.41, 5.74) is 8.80. The van der Waals surface area contributed by atoms with Gasteiger partial charge in [-0.3, -0.25) is 4.98 Å². The highest BCUT2D eigenvalue weighted by Crippen LogP contribution is 2.33. The number of hydrogen-bond acceptors (Lipinski definition) is 4. The Balaban J connectivity index is 1.94. The molecule has 122 valence electrons. The first kappa shape index (κ1) is 15.1. The van der Waals surface area contributed by atoms with Gasteiger partial charge in [0, 0.05) is 28.8 Å². The van der Waals surface area contributed by atoms with Gasteiger partial charge in [-0.05, 0) is 35.9 Å². The van der Waals surface area contributed by atoms with Gasteiger partial charge in [0.1, 0.15) is 23.8 Å². The maximum absolute atomic E-state index is 14.2. The minimum Gasteiger partial charge on any atom is -0.383 e. The molecule has 4 nitrogen and oxygen atoms in total. The molecule has 0 aliphatic heterocycles. The van der Waals surface area contributed by atoms with E-state index in [-0.39, 0.29) is 5.56 Å². The average Bonchev–Trinajstić information content (AvgIpc) is 2.62. The van der Waals surface area contributed by atoms with Crippen LogP contribution in [0.15, 0.2) is 61.1 Å². The fraction of sp³-hybridized carbons (Fsp3) is 0. The molecule has 0 fully saturated rings. The van der Waals surface area contributed by atoms with E-state index in [1.165, 1.54) is 18.5 Å². The molecule has 2 heterocycles. The van der Waals surface area contributed by atoms with Gasteiger partial charge >= 0.3 is 0 Å². The third-order valence-electron chi connectivity index (χ3n) is 3.97. The first-order valence-corrected chi connectivity index (χ1v) is 7.54. The molecular weight excluding hydrogens is 322 g/mol. The molecule has 0 amide bonds. The second kappa shape index (κ2) is 5.90. The fourth-order valence-corrected chi connectivity index (χ4v) is 2.78. The summed E-state index contributed by atoms with van der Waals surface area (Å²) in [7, 11) is 0. The van der Waals surface area contributed by atoms with Crippen molar-refractivity contribution in [3.8, 4) is 22.4 Å². The number of hydrogen-bond donors (Lipinski definition) is 1. The number of benzene rings is 2. The highest BCUT2D eigenvalue weighted by Gasteiger charge is 2.14. The van der Waals surface area contributed by atoms with Gasteiger partial charge in [-0.15, -0.1) is 0 Å². The first-order valence-electron chi connectivity index (χ1n) is 7.54. The van der Waals surface area contributed by atoms with Crippen LogP contribution in [-0.2, 0) is 0 Å². The van der Waals surface area contributed by atoms with E-state index in [0.717, 1.165) is 17.1 Å². The van der Waals surface area contributed by atoms with Crippen molar-refractivity contribution in [3.05, 3.63) is 72.7 Å². The maximum Gasteiger partial charge on any atom is 0.135 e. The Morgan fingerprint density at radius 3 is 2.56 bits per heavy atom. The second-order valence-electron chi connectivity index (χ2n) is 5.51. The van der Waals surface area contributed by atoms with Gasteiger partial charge in [0.15, 0.2) is 0 Å². The minimum atomic E-state index is -0.663. The van der Waals surface area contributed by atoms with Crippen LogP contribution in [0.25, 0.3) is 33.3 Å². The highest BCUT2D eigenvalue weighted by atomic mass is 19.1. The van der Waals surface area contributed by atoms with Crippen LogP contribution in [0.1, 0.15) is 0 Å². The number of pyridine rings is 1. The number of rotatable bonds is 2. The Kier molecular flexibility index (Phi) is 3.57. The molecule has 0 spiro atoms. The lowest BCUT2D eigenvalue weighted by Crippen LogP contribution is -1.95. The normalized spacial score (nSPS) is 11.0. The van der Waals surface area contributed by atoms with Crippen LogP contribution in [0.4, 0.5) is 14.6 Å². The number of nitrogen functional groups attached to an aromatic ring is 1. The summed E-state index contributed by atoms with van der Waals surface area (Å²) < 4.78 is 27.4. The molecule has 0 atom stereocenters. The SMILES string of the molecule is Nc1ncnc2ccc(-c3cccnc3-c3ccc(F)cc3F)cc12. The lowest BCUT2D eigenvalue weighted by Gasteiger charge is -2.11. The number of fused-ring (bicyclic) bond motifs is 1. The van der Waals surface area contributed by atoms with E-state index < -0.39 is 11.6 Å². The Morgan fingerprint density at radius 1 is 0.840 bits per heavy atom. The number of anilines is 1. The number of aromatic nitrogens is 3. The molecule has 0 bridgehead atoms. The van der Waals surface area contributed by atoms with Gasteiger partial charge in [-0.2, -0.15) is 0 Å². The lowest BCUT2D eigenvalue weighted by molar-refractivity contribution is 0.585. The van der Waals surface area contributed by atoms with Crippen molar-refractivity contribution in [2.24, 2.45) is 0 Å². The van der Waals surface area contributed by atoms with E-state index in [2.05, 4.69) is 15.0 Å². The number of halogens is 2. The van der Waals surface area contributed by atoms with Crippen LogP contribution in [0, 0.1) is 11.6 Å². The smallest absolute Gasteiger partial charge is 0.135 e. The summed E-state index contributed by atoms with van der Waals surface area (Å²) in [6, 6.07) is 12.5. The molecule has 0 unspecified atom stereocenters. The number of nitrogens with zero attached hydrogens (tertiary/aromatic N) is 3. The van der Waals surface area contributed by atoms with Crippen molar-refractivity contribution < 1.29 is 8.78 Å². The third-order valence-corrected chi connectivity index (χ3v) is 3.97. The van der Waals surface area contributed by atoms with E-state index in [1.54, 1.807) is 12.3 Å². The van der Waals surface area contributed by atoms with Crippen molar-refractivity contribution in [1.29, 1.82) is 0 Å². The molecule has 2 aromatic heterocycles. The monoisotopic (exact) mass is 334 g/mol. The second-order valence-corrected chi connectivity index (χ2v) is 5.51. The van der Waals surface area contributed by atoms with Gasteiger partial charge in [-0.25, -0.2) is 18.7 Å². The van der Waals surface area contributed by atoms with Gasteiger partial charge in [-0.1, -0.05) is 12.1 Å². The van der Waals surface area contributed by atoms with Crippen molar-refractivity contribution in [2.45, 2.75) is 0 Å². The lowest BCUT2D eigenvalue weighted by atomic mass is 9.98.